The van der Waals surface area contributed by atoms with Crippen LogP contribution in [0.15, 0.2) is 36.4 Å². The molecule has 0 bridgehead atoms. The normalized spacial score (nSPS) is 14.0. The average molecular weight is 493 g/mol. The van der Waals surface area contributed by atoms with Gasteiger partial charge < -0.3 is 20.3 Å². The van der Waals surface area contributed by atoms with E-state index in [9.17, 15) is 14.4 Å². The number of Topliss-reactive ketones (excluding diaryl/α,β-unsaturated/α-hetero) is 1. The number of anilines is 2. The fourth-order valence-corrected chi connectivity index (χ4v) is 3.94. The first-order valence-electron chi connectivity index (χ1n) is 10.5. The van der Waals surface area contributed by atoms with Crippen molar-refractivity contribution >= 4 is 52.9 Å². The first-order valence-corrected chi connectivity index (χ1v) is 11.3. The molecule has 2 N–H and O–H groups in total. The number of ether oxygens (including phenoxy) is 1. The first kappa shape index (κ1) is 24.8. The number of piperazine rings is 1. The largest absolute Gasteiger partial charge is 0.445 e. The van der Waals surface area contributed by atoms with Crippen molar-refractivity contribution in [2.75, 3.05) is 50.4 Å². The van der Waals surface area contributed by atoms with Gasteiger partial charge in [-0.3, -0.25) is 14.5 Å². The number of rotatable bonds is 9. The first-order chi connectivity index (χ1) is 15.9. The van der Waals surface area contributed by atoms with Crippen molar-refractivity contribution in [3.8, 4) is 0 Å². The number of hydrogen-bond donors (Lipinski definition) is 2. The van der Waals surface area contributed by atoms with Crippen molar-refractivity contribution in [1.29, 1.82) is 0 Å². The van der Waals surface area contributed by atoms with Gasteiger partial charge in [0.05, 0.1) is 16.4 Å². The van der Waals surface area contributed by atoms with E-state index in [1.54, 1.807) is 36.2 Å². The summed E-state index contributed by atoms with van der Waals surface area (Å²) in [6, 6.07) is 10.4. The SMILES string of the molecule is CNc1cc(Cl)c(C(=O)CCN2CCN(C(=O)OCc3ccc(Cl)cc3)CC2)cc1NC=O. The molecule has 1 heterocycles. The van der Waals surface area contributed by atoms with E-state index in [1.807, 2.05) is 12.1 Å². The van der Waals surface area contributed by atoms with Gasteiger partial charge in [0.15, 0.2) is 5.78 Å². The van der Waals surface area contributed by atoms with E-state index < -0.39 is 0 Å². The predicted molar refractivity (Wildman–Crippen MR) is 129 cm³/mol. The molecule has 8 nitrogen and oxygen atoms in total. The molecule has 10 heteroatoms. The molecule has 1 aliphatic rings. The Bertz CT molecular complexity index is 993. The number of nitrogens with zero attached hydrogens (tertiary/aromatic N) is 2. The molecular formula is C23H26Cl2N4O4. The van der Waals surface area contributed by atoms with Crippen LogP contribution in [0.4, 0.5) is 16.2 Å². The third kappa shape index (κ3) is 6.83. The lowest BCUT2D eigenvalue weighted by Gasteiger charge is -2.34. The highest BCUT2D eigenvalue weighted by atomic mass is 35.5. The topological polar surface area (TPSA) is 91.0 Å². The minimum atomic E-state index is -0.354. The summed E-state index contributed by atoms with van der Waals surface area (Å²) in [6.45, 7) is 3.09. The van der Waals surface area contributed by atoms with Crippen LogP contribution >= 0.6 is 23.2 Å². The van der Waals surface area contributed by atoms with Gasteiger partial charge in [-0.15, -0.1) is 0 Å². The summed E-state index contributed by atoms with van der Waals surface area (Å²) in [6.07, 6.45) is 0.477. The molecule has 3 rings (SSSR count). The van der Waals surface area contributed by atoms with Gasteiger partial charge in [-0.25, -0.2) is 4.79 Å². The summed E-state index contributed by atoms with van der Waals surface area (Å²) in [5.74, 6) is -0.110. The number of benzene rings is 2. The molecular weight excluding hydrogens is 467 g/mol. The fourth-order valence-electron chi connectivity index (χ4n) is 3.54. The van der Waals surface area contributed by atoms with Crippen LogP contribution < -0.4 is 10.6 Å². The van der Waals surface area contributed by atoms with Gasteiger partial charge >= 0.3 is 6.09 Å². The van der Waals surface area contributed by atoms with Crippen molar-refractivity contribution in [3.05, 3.63) is 57.6 Å². The smallest absolute Gasteiger partial charge is 0.410 e. The molecule has 0 unspecified atom stereocenters. The second-order valence-electron chi connectivity index (χ2n) is 7.57. The van der Waals surface area contributed by atoms with Crippen LogP contribution in [0, 0.1) is 0 Å². The maximum Gasteiger partial charge on any atom is 0.410 e. The van der Waals surface area contributed by atoms with Gasteiger partial charge in [-0.2, -0.15) is 0 Å². The minimum Gasteiger partial charge on any atom is -0.445 e. The van der Waals surface area contributed by atoms with Gasteiger partial charge in [-0.05, 0) is 29.8 Å². The number of hydrogen-bond acceptors (Lipinski definition) is 6. The summed E-state index contributed by atoms with van der Waals surface area (Å²) < 4.78 is 5.38. The zero-order chi connectivity index (χ0) is 23.8. The van der Waals surface area contributed by atoms with Crippen molar-refractivity contribution in [2.24, 2.45) is 0 Å². The lowest BCUT2D eigenvalue weighted by molar-refractivity contribution is -0.105. The molecule has 176 valence electrons. The van der Waals surface area contributed by atoms with E-state index in [2.05, 4.69) is 15.5 Å². The van der Waals surface area contributed by atoms with E-state index >= 15 is 0 Å². The quantitative estimate of drug-likeness (QED) is 0.403. The number of carbonyl (C=O) groups excluding carboxylic acids is 3. The number of amides is 2. The number of halogens is 2. The van der Waals surface area contributed by atoms with E-state index in [0.29, 0.717) is 66.1 Å². The Kier molecular flexibility index (Phi) is 8.94. The molecule has 1 fully saturated rings. The molecule has 0 saturated carbocycles. The molecule has 1 aliphatic heterocycles. The maximum absolute atomic E-state index is 12.7. The highest BCUT2D eigenvalue weighted by Crippen LogP contribution is 2.30. The zero-order valence-electron chi connectivity index (χ0n) is 18.3. The maximum atomic E-state index is 12.7. The van der Waals surface area contributed by atoms with Crippen LogP contribution in [0.1, 0.15) is 22.3 Å². The Balaban J connectivity index is 1.46. The van der Waals surface area contributed by atoms with Gasteiger partial charge in [0.2, 0.25) is 6.41 Å². The summed E-state index contributed by atoms with van der Waals surface area (Å²) in [4.78, 5) is 39.7. The molecule has 0 spiro atoms. The van der Waals surface area contributed by atoms with Crippen LogP contribution in [0.2, 0.25) is 10.0 Å². The molecule has 2 aromatic carbocycles. The van der Waals surface area contributed by atoms with Gasteiger partial charge in [0.25, 0.3) is 0 Å². The summed E-state index contributed by atoms with van der Waals surface area (Å²) >= 11 is 12.1. The van der Waals surface area contributed by atoms with Crippen LogP contribution in [0.3, 0.4) is 0 Å². The van der Waals surface area contributed by atoms with Crippen molar-refractivity contribution in [1.82, 2.24) is 9.80 Å². The highest BCUT2D eigenvalue weighted by molar-refractivity contribution is 6.34. The minimum absolute atomic E-state index is 0.110. The summed E-state index contributed by atoms with van der Waals surface area (Å²) in [5.41, 5.74) is 2.36. The predicted octanol–water partition coefficient (Wildman–Crippen LogP) is 4.13. The fraction of sp³-hybridized carbons (Fsp3) is 0.348. The molecule has 33 heavy (non-hydrogen) atoms. The Morgan fingerprint density at radius 2 is 1.76 bits per heavy atom. The van der Waals surface area contributed by atoms with Crippen molar-refractivity contribution in [3.63, 3.8) is 0 Å². The average Bonchev–Trinajstić information content (AvgIpc) is 2.83. The summed E-state index contributed by atoms with van der Waals surface area (Å²) in [7, 11) is 1.70. The molecule has 0 radical (unpaired) electrons. The summed E-state index contributed by atoms with van der Waals surface area (Å²) in [5, 5.41) is 6.47. The van der Waals surface area contributed by atoms with Crippen LogP contribution in [0.5, 0.6) is 0 Å². The third-order valence-electron chi connectivity index (χ3n) is 5.45. The second-order valence-corrected chi connectivity index (χ2v) is 8.42. The van der Waals surface area contributed by atoms with E-state index in [4.69, 9.17) is 27.9 Å². The molecule has 0 atom stereocenters. The van der Waals surface area contributed by atoms with E-state index in [1.165, 1.54) is 0 Å². The van der Waals surface area contributed by atoms with Gasteiger partial charge in [-0.1, -0.05) is 35.3 Å². The Hall–Kier alpha value is -2.81. The number of carbonyl (C=O) groups is 3. The van der Waals surface area contributed by atoms with Crippen LogP contribution in [0.25, 0.3) is 0 Å². The van der Waals surface area contributed by atoms with Gasteiger partial charge in [0, 0.05) is 56.8 Å². The number of ketones is 1. The lowest BCUT2D eigenvalue weighted by atomic mass is 10.1. The molecule has 1 saturated heterocycles. The van der Waals surface area contributed by atoms with E-state index in [0.717, 1.165) is 5.56 Å². The van der Waals surface area contributed by atoms with Crippen molar-refractivity contribution in [2.45, 2.75) is 13.0 Å². The Morgan fingerprint density at radius 3 is 2.39 bits per heavy atom. The molecule has 2 aromatic rings. The lowest BCUT2D eigenvalue weighted by Crippen LogP contribution is -2.49. The Morgan fingerprint density at radius 1 is 1.06 bits per heavy atom. The third-order valence-corrected chi connectivity index (χ3v) is 6.02. The number of nitrogens with one attached hydrogen (secondary N) is 2. The monoisotopic (exact) mass is 492 g/mol. The zero-order valence-corrected chi connectivity index (χ0v) is 19.8. The standard InChI is InChI=1S/C23H26Cl2N4O4/c1-26-20-13-19(25)18(12-21(20)27-15-30)22(31)6-7-28-8-10-29(11-9-28)23(32)33-14-16-2-4-17(24)5-3-16/h2-5,12-13,15,26H,6-11,14H2,1H3,(H,27,30). The highest BCUT2D eigenvalue weighted by Gasteiger charge is 2.23. The molecule has 0 aliphatic carbocycles. The van der Waals surface area contributed by atoms with Gasteiger partial charge in [0.1, 0.15) is 6.61 Å². The molecule has 2 amide bonds. The van der Waals surface area contributed by atoms with E-state index in [-0.39, 0.29) is 24.9 Å². The Labute approximate surface area is 202 Å². The molecule has 0 aromatic heterocycles. The second kappa shape index (κ2) is 11.9. The van der Waals surface area contributed by atoms with Crippen LogP contribution in [-0.2, 0) is 16.1 Å². The van der Waals surface area contributed by atoms with Crippen molar-refractivity contribution < 1.29 is 19.1 Å². The van der Waals surface area contributed by atoms with Crippen LogP contribution in [-0.4, -0.2) is 67.9 Å².